The number of piperidine rings is 1. The van der Waals surface area contributed by atoms with E-state index in [1.54, 1.807) is 23.6 Å². The van der Waals surface area contributed by atoms with Gasteiger partial charge in [0.05, 0.1) is 9.90 Å². The number of nitrogens with one attached hydrogen (secondary N) is 2. The molecule has 14 heteroatoms. The molecule has 2 aromatic carbocycles. The van der Waals surface area contributed by atoms with Crippen LogP contribution in [0.1, 0.15) is 50.2 Å². The van der Waals surface area contributed by atoms with Gasteiger partial charge in [0.15, 0.2) is 0 Å². The standard InChI is InChI=1S/C23H21ClN6O5S2/c1-13-2-4-16(11-17(13)24)37(33,34)30-8-6-14(7-9-30)23-25-20(12-36-23)22(32)27-26-21(31)15-3-5-18-19(10-15)29-35-28-18/h2-5,10-12,14H,6-9H2,1H3,(H,26,31)(H,27,32). The van der Waals surface area contributed by atoms with E-state index >= 15 is 0 Å². The van der Waals surface area contributed by atoms with Gasteiger partial charge in [-0.25, -0.2) is 18.0 Å². The van der Waals surface area contributed by atoms with Crippen LogP contribution in [0, 0.1) is 6.92 Å². The Balaban J connectivity index is 1.17. The quantitative estimate of drug-likeness (QED) is 0.353. The van der Waals surface area contributed by atoms with E-state index in [0.29, 0.717) is 42.0 Å². The summed E-state index contributed by atoms with van der Waals surface area (Å²) in [4.78, 5) is 29.5. The average molecular weight is 561 g/mol. The van der Waals surface area contributed by atoms with Crippen LogP contribution >= 0.6 is 22.9 Å². The first-order valence-electron chi connectivity index (χ1n) is 11.3. The third-order valence-corrected chi connectivity index (χ3v) is 9.45. The number of hydrazine groups is 1. The molecule has 4 aromatic rings. The molecule has 192 valence electrons. The number of amides is 2. The van der Waals surface area contributed by atoms with Crippen molar-refractivity contribution in [1.82, 2.24) is 30.5 Å². The van der Waals surface area contributed by atoms with Crippen LogP contribution in [0.2, 0.25) is 5.02 Å². The number of hydrogen-bond donors (Lipinski definition) is 2. The van der Waals surface area contributed by atoms with E-state index in [0.717, 1.165) is 10.6 Å². The first-order chi connectivity index (χ1) is 17.7. The van der Waals surface area contributed by atoms with Crippen molar-refractivity contribution in [3.63, 3.8) is 0 Å². The Kier molecular flexibility index (Phi) is 6.94. The minimum Gasteiger partial charge on any atom is -0.267 e. The smallest absolute Gasteiger partial charge is 0.267 e. The van der Waals surface area contributed by atoms with Gasteiger partial charge in [0, 0.05) is 35.0 Å². The van der Waals surface area contributed by atoms with Crippen molar-refractivity contribution in [2.45, 2.75) is 30.6 Å². The second-order valence-electron chi connectivity index (χ2n) is 8.54. The highest BCUT2D eigenvalue weighted by molar-refractivity contribution is 7.89. The van der Waals surface area contributed by atoms with Gasteiger partial charge >= 0.3 is 0 Å². The molecule has 11 nitrogen and oxygen atoms in total. The second-order valence-corrected chi connectivity index (χ2v) is 11.8. The van der Waals surface area contributed by atoms with E-state index in [4.69, 9.17) is 11.6 Å². The van der Waals surface area contributed by atoms with E-state index in [9.17, 15) is 18.0 Å². The molecular weight excluding hydrogens is 540 g/mol. The molecular formula is C23H21ClN6O5S2. The molecule has 1 fully saturated rings. The lowest BCUT2D eigenvalue weighted by Crippen LogP contribution is -2.41. The van der Waals surface area contributed by atoms with Crippen LogP contribution < -0.4 is 10.9 Å². The molecule has 2 aromatic heterocycles. The Morgan fingerprint density at radius 3 is 2.54 bits per heavy atom. The maximum atomic E-state index is 13.0. The Hall–Kier alpha value is -3.39. The molecule has 1 aliphatic heterocycles. The maximum absolute atomic E-state index is 13.0. The summed E-state index contributed by atoms with van der Waals surface area (Å²) in [7, 11) is -3.65. The van der Waals surface area contributed by atoms with Crippen LogP contribution in [0.15, 0.2) is 51.3 Å². The van der Waals surface area contributed by atoms with Gasteiger partial charge in [-0.15, -0.1) is 11.3 Å². The Labute approximate surface area is 220 Å². The lowest BCUT2D eigenvalue weighted by molar-refractivity contribution is 0.0844. The third-order valence-electron chi connectivity index (χ3n) is 6.14. The predicted molar refractivity (Wildman–Crippen MR) is 136 cm³/mol. The van der Waals surface area contributed by atoms with Gasteiger partial charge in [-0.1, -0.05) is 17.7 Å². The summed E-state index contributed by atoms with van der Waals surface area (Å²) in [6, 6.07) is 9.36. The van der Waals surface area contributed by atoms with Crippen molar-refractivity contribution in [1.29, 1.82) is 0 Å². The van der Waals surface area contributed by atoms with Gasteiger partial charge in [0.25, 0.3) is 11.8 Å². The number of halogens is 1. The van der Waals surface area contributed by atoms with E-state index in [1.165, 1.54) is 33.8 Å². The van der Waals surface area contributed by atoms with Gasteiger partial charge < -0.3 is 0 Å². The normalized spacial score (nSPS) is 15.1. The van der Waals surface area contributed by atoms with Gasteiger partial charge in [0.2, 0.25) is 10.0 Å². The Morgan fingerprint density at radius 1 is 1.05 bits per heavy atom. The number of aromatic nitrogens is 3. The highest BCUT2D eigenvalue weighted by Crippen LogP contribution is 2.33. The third kappa shape index (κ3) is 5.21. The van der Waals surface area contributed by atoms with Gasteiger partial charge in [-0.3, -0.25) is 20.4 Å². The highest BCUT2D eigenvalue weighted by atomic mass is 35.5. The maximum Gasteiger partial charge on any atom is 0.289 e. The van der Waals surface area contributed by atoms with Crippen molar-refractivity contribution in [3.8, 4) is 0 Å². The molecule has 5 rings (SSSR count). The van der Waals surface area contributed by atoms with Crippen molar-refractivity contribution in [2.24, 2.45) is 0 Å². The van der Waals surface area contributed by atoms with Crippen molar-refractivity contribution in [2.75, 3.05) is 13.1 Å². The van der Waals surface area contributed by atoms with E-state index < -0.39 is 21.8 Å². The number of benzene rings is 2. The zero-order valence-corrected chi connectivity index (χ0v) is 21.9. The number of rotatable bonds is 5. The van der Waals surface area contributed by atoms with Crippen molar-refractivity contribution < 1.29 is 22.6 Å². The molecule has 3 heterocycles. The fourth-order valence-electron chi connectivity index (χ4n) is 3.98. The molecule has 0 spiro atoms. The summed E-state index contributed by atoms with van der Waals surface area (Å²) in [6.07, 6.45) is 1.15. The van der Waals surface area contributed by atoms with E-state index in [-0.39, 0.29) is 22.1 Å². The van der Waals surface area contributed by atoms with Crippen LogP contribution in [0.25, 0.3) is 11.0 Å². The number of thiazole rings is 1. The Morgan fingerprint density at radius 2 is 1.78 bits per heavy atom. The van der Waals surface area contributed by atoms with Gasteiger partial charge in [0.1, 0.15) is 16.7 Å². The lowest BCUT2D eigenvalue weighted by atomic mass is 9.99. The topological polar surface area (TPSA) is 147 Å². The summed E-state index contributed by atoms with van der Waals surface area (Å²) in [5, 5.41) is 10.1. The number of aryl methyl sites for hydroxylation is 1. The van der Waals surface area contributed by atoms with E-state index in [2.05, 4.69) is 30.8 Å². The molecule has 0 saturated carbocycles. The summed E-state index contributed by atoms with van der Waals surface area (Å²) < 4.78 is 32.1. The summed E-state index contributed by atoms with van der Waals surface area (Å²) >= 11 is 7.45. The fourth-order valence-corrected chi connectivity index (χ4v) is 6.69. The zero-order chi connectivity index (χ0) is 26.2. The molecule has 0 atom stereocenters. The molecule has 0 radical (unpaired) electrons. The minimum absolute atomic E-state index is 0.0250. The molecule has 0 unspecified atom stereocenters. The zero-order valence-electron chi connectivity index (χ0n) is 19.5. The summed E-state index contributed by atoms with van der Waals surface area (Å²) in [5.74, 6) is -1.06. The summed E-state index contributed by atoms with van der Waals surface area (Å²) in [5.41, 5.74) is 6.90. The SMILES string of the molecule is Cc1ccc(S(=O)(=O)N2CCC(c3nc(C(=O)NNC(=O)c4ccc5nonc5c4)cs3)CC2)cc1Cl. The number of nitrogens with zero attached hydrogens (tertiary/aromatic N) is 4. The molecule has 0 aliphatic carbocycles. The Bertz CT molecular complexity index is 1590. The average Bonchev–Trinajstić information content (AvgIpc) is 3.58. The number of fused-ring (bicyclic) bond motifs is 1. The molecule has 2 amide bonds. The largest absolute Gasteiger partial charge is 0.289 e. The van der Waals surface area contributed by atoms with Crippen LogP contribution in [0.3, 0.4) is 0 Å². The van der Waals surface area contributed by atoms with Crippen LogP contribution in [0.5, 0.6) is 0 Å². The molecule has 1 saturated heterocycles. The first kappa shape index (κ1) is 25.3. The number of carbonyl (C=O) groups excluding carboxylic acids is 2. The number of carbonyl (C=O) groups is 2. The van der Waals surface area contributed by atoms with E-state index in [1.807, 2.05) is 6.92 Å². The van der Waals surface area contributed by atoms with Crippen LogP contribution in [-0.4, -0.2) is 52.9 Å². The van der Waals surface area contributed by atoms with Crippen molar-refractivity contribution >= 4 is 55.8 Å². The van der Waals surface area contributed by atoms with Crippen molar-refractivity contribution in [3.05, 3.63) is 68.6 Å². The molecule has 1 aliphatic rings. The lowest BCUT2D eigenvalue weighted by Gasteiger charge is -2.30. The minimum atomic E-state index is -3.65. The van der Waals surface area contributed by atoms with Gasteiger partial charge in [-0.05, 0) is 66.0 Å². The predicted octanol–water partition coefficient (Wildman–Crippen LogP) is 3.28. The monoisotopic (exact) mass is 560 g/mol. The second kappa shape index (κ2) is 10.2. The van der Waals surface area contributed by atoms with Gasteiger partial charge in [-0.2, -0.15) is 4.31 Å². The number of hydrogen-bond acceptors (Lipinski definition) is 9. The number of sulfonamides is 1. The highest BCUT2D eigenvalue weighted by Gasteiger charge is 2.31. The molecule has 0 bridgehead atoms. The molecule has 2 N–H and O–H groups in total. The fraction of sp³-hybridized carbons (Fsp3) is 0.261. The van der Waals surface area contributed by atoms with Crippen LogP contribution in [-0.2, 0) is 10.0 Å². The summed E-state index contributed by atoms with van der Waals surface area (Å²) in [6.45, 7) is 2.49. The first-order valence-corrected chi connectivity index (χ1v) is 14.0. The van der Waals surface area contributed by atoms with Crippen LogP contribution in [0.4, 0.5) is 0 Å². The molecule has 37 heavy (non-hydrogen) atoms.